The largest absolute Gasteiger partial charge is 0.481 e. The van der Waals surface area contributed by atoms with Crippen molar-refractivity contribution in [2.45, 2.75) is 38.9 Å². The van der Waals surface area contributed by atoms with Gasteiger partial charge in [-0.2, -0.15) is 0 Å². The van der Waals surface area contributed by atoms with Crippen LogP contribution in [0.5, 0.6) is 0 Å². The minimum Gasteiger partial charge on any atom is -0.481 e. The van der Waals surface area contributed by atoms with E-state index in [-0.39, 0.29) is 5.92 Å². The van der Waals surface area contributed by atoms with E-state index in [2.05, 4.69) is 4.90 Å². The molecule has 18 heavy (non-hydrogen) atoms. The van der Waals surface area contributed by atoms with Gasteiger partial charge in [0.05, 0.1) is 5.92 Å². The summed E-state index contributed by atoms with van der Waals surface area (Å²) in [5.41, 5.74) is 0. The van der Waals surface area contributed by atoms with Gasteiger partial charge < -0.3 is 20.1 Å². The van der Waals surface area contributed by atoms with Crippen LogP contribution in [0.2, 0.25) is 6.32 Å². The van der Waals surface area contributed by atoms with Crippen molar-refractivity contribution < 1.29 is 19.9 Å². The lowest BCUT2D eigenvalue weighted by molar-refractivity contribution is -0.145. The van der Waals surface area contributed by atoms with Gasteiger partial charge in [-0.05, 0) is 39.2 Å². The zero-order chi connectivity index (χ0) is 14.1. The topological polar surface area (TPSA) is 81.0 Å². The molecule has 3 N–H and O–H groups in total. The van der Waals surface area contributed by atoms with Gasteiger partial charge in [0.2, 0.25) is 0 Å². The van der Waals surface area contributed by atoms with Gasteiger partial charge in [0.15, 0.2) is 0 Å². The van der Waals surface area contributed by atoms with Gasteiger partial charge in [0.1, 0.15) is 0 Å². The van der Waals surface area contributed by atoms with Crippen LogP contribution in [0, 0.1) is 11.8 Å². The van der Waals surface area contributed by atoms with Gasteiger partial charge >= 0.3 is 13.1 Å². The quantitative estimate of drug-likeness (QED) is 0.654. The SMILES string of the molecule is CCB(O)O.CN(C)C[C@@H]1CCCC[C@@H]1C(=O)O. The molecule has 0 amide bonds. The molecule has 0 spiro atoms. The van der Waals surface area contributed by atoms with Crippen LogP contribution in [0.1, 0.15) is 32.6 Å². The van der Waals surface area contributed by atoms with E-state index in [4.69, 9.17) is 15.2 Å². The summed E-state index contributed by atoms with van der Waals surface area (Å²) in [7, 11) is 2.90. The second-order valence-corrected chi connectivity index (χ2v) is 5.14. The van der Waals surface area contributed by atoms with Crippen molar-refractivity contribution in [2.75, 3.05) is 20.6 Å². The molecule has 0 heterocycles. The lowest BCUT2D eigenvalue weighted by Gasteiger charge is -2.30. The van der Waals surface area contributed by atoms with Crippen LogP contribution in [-0.4, -0.2) is 53.8 Å². The maximum absolute atomic E-state index is 10.9. The highest BCUT2D eigenvalue weighted by atomic mass is 16.4. The molecule has 0 unspecified atom stereocenters. The lowest BCUT2D eigenvalue weighted by atomic mass is 9.79. The fourth-order valence-electron chi connectivity index (χ4n) is 2.22. The molecule has 1 aliphatic rings. The molecule has 106 valence electrons. The van der Waals surface area contributed by atoms with Crippen LogP contribution in [0.3, 0.4) is 0 Å². The van der Waals surface area contributed by atoms with E-state index in [1.54, 1.807) is 6.92 Å². The molecule has 1 saturated carbocycles. The monoisotopic (exact) mass is 259 g/mol. The number of hydrogen-bond acceptors (Lipinski definition) is 4. The predicted molar refractivity (Wildman–Crippen MR) is 72.3 cm³/mol. The van der Waals surface area contributed by atoms with Crippen molar-refractivity contribution in [3.05, 3.63) is 0 Å². The van der Waals surface area contributed by atoms with Crippen LogP contribution < -0.4 is 0 Å². The van der Waals surface area contributed by atoms with Crippen molar-refractivity contribution >= 4 is 13.1 Å². The lowest BCUT2D eigenvalue weighted by Crippen LogP contribution is -2.34. The van der Waals surface area contributed by atoms with Crippen molar-refractivity contribution in [3.8, 4) is 0 Å². The zero-order valence-corrected chi connectivity index (χ0v) is 11.7. The predicted octanol–water partition coefficient (Wildman–Crippen LogP) is 0.918. The smallest absolute Gasteiger partial charge is 0.451 e. The number of carboxylic acids is 1. The summed E-state index contributed by atoms with van der Waals surface area (Å²) >= 11 is 0. The molecule has 6 heteroatoms. The molecule has 2 atom stereocenters. The molecule has 5 nitrogen and oxygen atoms in total. The molecule has 0 radical (unpaired) electrons. The van der Waals surface area contributed by atoms with E-state index < -0.39 is 13.1 Å². The van der Waals surface area contributed by atoms with Crippen LogP contribution in [0.25, 0.3) is 0 Å². The number of aliphatic carboxylic acids is 1. The van der Waals surface area contributed by atoms with Gasteiger partial charge in [-0.25, -0.2) is 0 Å². The summed E-state index contributed by atoms with van der Waals surface area (Å²) in [6.07, 6.45) is 4.65. The summed E-state index contributed by atoms with van der Waals surface area (Å²) in [5.74, 6) is -0.344. The second-order valence-electron chi connectivity index (χ2n) is 5.14. The van der Waals surface area contributed by atoms with Crippen LogP contribution in [-0.2, 0) is 4.79 Å². The van der Waals surface area contributed by atoms with E-state index in [1.165, 1.54) is 6.42 Å². The molecule has 1 fully saturated rings. The molecular formula is C12H26BNO4. The standard InChI is InChI=1S/C10H19NO2.C2H7BO2/c1-11(2)7-8-5-3-4-6-9(8)10(12)13;1-2-3(4)5/h8-9H,3-7H2,1-2H3,(H,12,13);4-5H,2H2,1H3/t8-,9-;/m0./s1. The van der Waals surface area contributed by atoms with E-state index >= 15 is 0 Å². The first-order valence-corrected chi connectivity index (χ1v) is 6.62. The Bertz CT molecular complexity index is 236. The summed E-state index contributed by atoms with van der Waals surface area (Å²) in [4.78, 5) is 13.0. The molecule has 0 aromatic rings. The average Bonchev–Trinajstić information content (AvgIpc) is 2.29. The number of rotatable bonds is 4. The van der Waals surface area contributed by atoms with E-state index in [0.717, 1.165) is 25.8 Å². The molecular weight excluding hydrogens is 233 g/mol. The molecule has 0 aromatic carbocycles. The van der Waals surface area contributed by atoms with Gasteiger partial charge in [0, 0.05) is 6.54 Å². The summed E-state index contributed by atoms with van der Waals surface area (Å²) in [6.45, 7) is 2.61. The summed E-state index contributed by atoms with van der Waals surface area (Å²) in [6, 6.07) is 0. The summed E-state index contributed by atoms with van der Waals surface area (Å²) < 4.78 is 0. The number of nitrogens with zero attached hydrogens (tertiary/aromatic N) is 1. The fraction of sp³-hybridized carbons (Fsp3) is 0.917. The Hall–Kier alpha value is -0.585. The third-order valence-corrected chi connectivity index (χ3v) is 3.19. The van der Waals surface area contributed by atoms with Crippen molar-refractivity contribution in [1.29, 1.82) is 0 Å². The Balaban J connectivity index is 0.000000494. The number of hydrogen-bond donors (Lipinski definition) is 3. The first-order valence-electron chi connectivity index (χ1n) is 6.62. The first kappa shape index (κ1) is 17.4. The van der Waals surface area contributed by atoms with E-state index in [0.29, 0.717) is 12.2 Å². The number of carbonyl (C=O) groups is 1. The van der Waals surface area contributed by atoms with Crippen molar-refractivity contribution in [1.82, 2.24) is 4.90 Å². The minimum atomic E-state index is -1.12. The Morgan fingerprint density at radius 1 is 1.28 bits per heavy atom. The van der Waals surface area contributed by atoms with Crippen molar-refractivity contribution in [3.63, 3.8) is 0 Å². The Morgan fingerprint density at radius 3 is 2.17 bits per heavy atom. The number of carboxylic acid groups (broad SMARTS) is 1. The molecule has 0 aliphatic heterocycles. The molecule has 1 rings (SSSR count). The molecule has 1 aliphatic carbocycles. The maximum Gasteiger partial charge on any atom is 0.451 e. The third-order valence-electron chi connectivity index (χ3n) is 3.19. The molecule has 0 saturated heterocycles. The normalized spacial score (nSPS) is 23.2. The Morgan fingerprint density at radius 2 is 1.78 bits per heavy atom. The highest BCUT2D eigenvalue weighted by Crippen LogP contribution is 2.30. The van der Waals surface area contributed by atoms with Gasteiger partial charge in [-0.3, -0.25) is 4.79 Å². The average molecular weight is 259 g/mol. The Kier molecular flexibility index (Phi) is 9.05. The highest BCUT2D eigenvalue weighted by molar-refractivity contribution is 6.40. The highest BCUT2D eigenvalue weighted by Gasteiger charge is 2.30. The van der Waals surface area contributed by atoms with Gasteiger partial charge in [0.25, 0.3) is 0 Å². The maximum atomic E-state index is 10.9. The fourth-order valence-corrected chi connectivity index (χ4v) is 2.22. The minimum absolute atomic E-state index is 0.101. The van der Waals surface area contributed by atoms with Crippen molar-refractivity contribution in [2.24, 2.45) is 11.8 Å². The van der Waals surface area contributed by atoms with Crippen LogP contribution in [0.4, 0.5) is 0 Å². The summed E-state index contributed by atoms with van der Waals surface area (Å²) in [5, 5.41) is 24.8. The zero-order valence-electron chi connectivity index (χ0n) is 11.7. The van der Waals surface area contributed by atoms with E-state index in [9.17, 15) is 4.79 Å². The second kappa shape index (κ2) is 9.36. The van der Waals surface area contributed by atoms with E-state index in [1.807, 2.05) is 14.1 Å². The van der Waals surface area contributed by atoms with Gasteiger partial charge in [-0.1, -0.05) is 19.8 Å². The van der Waals surface area contributed by atoms with Gasteiger partial charge in [-0.15, -0.1) is 0 Å². The molecule has 0 aromatic heterocycles. The van der Waals surface area contributed by atoms with Crippen LogP contribution >= 0.6 is 0 Å². The Labute approximate surface area is 110 Å². The molecule has 0 bridgehead atoms. The first-order chi connectivity index (χ1) is 8.38. The third kappa shape index (κ3) is 7.69. The van der Waals surface area contributed by atoms with Crippen LogP contribution in [0.15, 0.2) is 0 Å².